The van der Waals surface area contributed by atoms with Crippen LogP contribution in [-0.2, 0) is 17.9 Å². The van der Waals surface area contributed by atoms with Crippen molar-refractivity contribution in [3.63, 3.8) is 0 Å². The summed E-state index contributed by atoms with van der Waals surface area (Å²) in [5.74, 6) is 0.515. The van der Waals surface area contributed by atoms with Crippen molar-refractivity contribution in [3.05, 3.63) is 89.3 Å². The van der Waals surface area contributed by atoms with E-state index in [9.17, 15) is 4.79 Å². The van der Waals surface area contributed by atoms with Gasteiger partial charge in [0.25, 0.3) is 11.1 Å². The van der Waals surface area contributed by atoms with E-state index in [1.54, 1.807) is 11.3 Å². The first-order valence-electron chi connectivity index (χ1n) is 9.60. The molecule has 0 spiro atoms. The fourth-order valence-electron chi connectivity index (χ4n) is 3.04. The first-order valence-corrected chi connectivity index (χ1v) is 11.4. The molecule has 4 aromatic rings. The standard InChI is InChI=1S/C23H21N3O2S2/c1-17(30-23-25-24-21(28-23)20-13-8-14-29-20)22(27)26(15-18-9-4-2-5-10-18)16-19-11-6-3-7-12-19/h2-14,17H,15-16H2,1H3. The van der Waals surface area contributed by atoms with Crippen molar-refractivity contribution in [2.24, 2.45) is 0 Å². The Kier molecular flexibility index (Phi) is 6.61. The van der Waals surface area contributed by atoms with Gasteiger partial charge in [-0.3, -0.25) is 4.79 Å². The summed E-state index contributed by atoms with van der Waals surface area (Å²) in [6.45, 7) is 2.97. The molecule has 7 heteroatoms. The summed E-state index contributed by atoms with van der Waals surface area (Å²) in [6, 6.07) is 23.9. The first kappa shape index (κ1) is 20.4. The van der Waals surface area contributed by atoms with Crippen molar-refractivity contribution in [3.8, 4) is 10.8 Å². The normalized spacial score (nSPS) is 11.9. The van der Waals surface area contributed by atoms with Crippen LogP contribution in [0.25, 0.3) is 10.8 Å². The molecule has 0 saturated heterocycles. The monoisotopic (exact) mass is 435 g/mol. The van der Waals surface area contributed by atoms with E-state index in [-0.39, 0.29) is 11.2 Å². The van der Waals surface area contributed by atoms with Crippen LogP contribution in [0.2, 0.25) is 0 Å². The van der Waals surface area contributed by atoms with Gasteiger partial charge >= 0.3 is 0 Å². The molecular formula is C23H21N3O2S2. The SMILES string of the molecule is CC(Sc1nnc(-c2cccs2)o1)C(=O)N(Cc1ccccc1)Cc1ccccc1. The highest BCUT2D eigenvalue weighted by Crippen LogP contribution is 2.29. The average Bonchev–Trinajstić information content (AvgIpc) is 3.46. The number of nitrogens with zero attached hydrogens (tertiary/aromatic N) is 3. The number of benzene rings is 2. The summed E-state index contributed by atoms with van der Waals surface area (Å²) in [6.07, 6.45) is 0. The zero-order valence-corrected chi connectivity index (χ0v) is 18.1. The minimum Gasteiger partial charge on any atom is -0.410 e. The summed E-state index contributed by atoms with van der Waals surface area (Å²) in [5, 5.41) is 10.2. The third-order valence-corrected chi connectivity index (χ3v) is 6.29. The Morgan fingerprint density at radius 3 is 2.17 bits per heavy atom. The highest BCUT2D eigenvalue weighted by atomic mass is 32.2. The minimum absolute atomic E-state index is 0.0311. The lowest BCUT2D eigenvalue weighted by atomic mass is 10.1. The maximum atomic E-state index is 13.3. The van der Waals surface area contributed by atoms with Crippen molar-refractivity contribution >= 4 is 29.0 Å². The van der Waals surface area contributed by atoms with Crippen molar-refractivity contribution in [2.45, 2.75) is 30.5 Å². The maximum Gasteiger partial charge on any atom is 0.277 e. The number of carbonyl (C=O) groups excluding carboxylic acids is 1. The van der Waals surface area contributed by atoms with E-state index < -0.39 is 0 Å². The molecule has 30 heavy (non-hydrogen) atoms. The van der Waals surface area contributed by atoms with Gasteiger partial charge < -0.3 is 9.32 Å². The van der Waals surface area contributed by atoms with Gasteiger partial charge in [-0.1, -0.05) is 78.5 Å². The Morgan fingerprint density at radius 2 is 1.60 bits per heavy atom. The summed E-state index contributed by atoms with van der Waals surface area (Å²) in [5.41, 5.74) is 2.19. The third kappa shape index (κ3) is 5.17. The van der Waals surface area contributed by atoms with E-state index in [2.05, 4.69) is 10.2 Å². The summed E-state index contributed by atoms with van der Waals surface area (Å²) in [4.78, 5) is 16.1. The predicted octanol–water partition coefficient (Wildman–Crippen LogP) is 5.51. The second-order valence-electron chi connectivity index (χ2n) is 6.78. The van der Waals surface area contributed by atoms with Crippen LogP contribution in [-0.4, -0.2) is 26.3 Å². The van der Waals surface area contributed by atoms with E-state index in [0.29, 0.717) is 24.2 Å². The number of aromatic nitrogens is 2. The smallest absolute Gasteiger partial charge is 0.277 e. The Hall–Kier alpha value is -2.90. The zero-order chi connectivity index (χ0) is 20.8. The number of hydrogen-bond acceptors (Lipinski definition) is 6. The fourth-order valence-corrected chi connectivity index (χ4v) is 4.45. The number of carbonyl (C=O) groups is 1. The molecule has 2 aromatic carbocycles. The molecule has 2 aromatic heterocycles. The predicted molar refractivity (Wildman–Crippen MR) is 120 cm³/mol. The number of thioether (sulfide) groups is 1. The van der Waals surface area contributed by atoms with Crippen molar-refractivity contribution in [1.82, 2.24) is 15.1 Å². The lowest BCUT2D eigenvalue weighted by Crippen LogP contribution is -2.35. The lowest BCUT2D eigenvalue weighted by molar-refractivity contribution is -0.131. The Morgan fingerprint density at radius 1 is 0.967 bits per heavy atom. The van der Waals surface area contributed by atoms with Gasteiger partial charge in [0.15, 0.2) is 0 Å². The van der Waals surface area contributed by atoms with Gasteiger partial charge in [0.2, 0.25) is 5.91 Å². The van der Waals surface area contributed by atoms with Gasteiger partial charge in [0.05, 0.1) is 10.1 Å². The molecule has 0 fully saturated rings. The lowest BCUT2D eigenvalue weighted by Gasteiger charge is -2.25. The van der Waals surface area contributed by atoms with Crippen LogP contribution in [0.3, 0.4) is 0 Å². The van der Waals surface area contributed by atoms with Gasteiger partial charge in [0.1, 0.15) is 0 Å². The summed E-state index contributed by atoms with van der Waals surface area (Å²) < 4.78 is 5.75. The van der Waals surface area contributed by atoms with Crippen molar-refractivity contribution in [1.29, 1.82) is 0 Å². The second-order valence-corrected chi connectivity index (χ2v) is 9.02. The number of amides is 1. The molecule has 0 N–H and O–H groups in total. The third-order valence-electron chi connectivity index (χ3n) is 4.51. The number of rotatable bonds is 8. The first-order chi connectivity index (χ1) is 14.7. The summed E-state index contributed by atoms with van der Waals surface area (Å²) in [7, 11) is 0. The minimum atomic E-state index is -0.353. The van der Waals surface area contributed by atoms with Crippen molar-refractivity contribution < 1.29 is 9.21 Å². The molecule has 1 atom stereocenters. The zero-order valence-electron chi connectivity index (χ0n) is 16.5. The maximum absolute atomic E-state index is 13.3. The topological polar surface area (TPSA) is 59.2 Å². The van der Waals surface area contributed by atoms with E-state index in [1.165, 1.54) is 11.8 Å². The van der Waals surface area contributed by atoms with E-state index in [4.69, 9.17) is 4.42 Å². The molecular weight excluding hydrogens is 414 g/mol. The van der Waals surface area contributed by atoms with Crippen LogP contribution in [0.1, 0.15) is 18.1 Å². The number of thiophene rings is 1. The van der Waals surface area contributed by atoms with Crippen molar-refractivity contribution in [2.75, 3.05) is 0 Å². The molecule has 0 aliphatic heterocycles. The van der Waals surface area contributed by atoms with Crippen LogP contribution in [0.5, 0.6) is 0 Å². The van der Waals surface area contributed by atoms with E-state index >= 15 is 0 Å². The molecule has 1 unspecified atom stereocenters. The van der Waals surface area contributed by atoms with Crippen LogP contribution in [0, 0.1) is 0 Å². The molecule has 152 valence electrons. The Labute approximate surface area is 183 Å². The van der Waals surface area contributed by atoms with Crippen LogP contribution in [0.4, 0.5) is 0 Å². The molecule has 0 bridgehead atoms. The average molecular weight is 436 g/mol. The van der Waals surface area contributed by atoms with Crippen LogP contribution in [0.15, 0.2) is 87.8 Å². The number of hydrogen-bond donors (Lipinski definition) is 0. The molecule has 0 radical (unpaired) electrons. The quantitative estimate of drug-likeness (QED) is 0.342. The molecule has 2 heterocycles. The molecule has 0 saturated carbocycles. The van der Waals surface area contributed by atoms with Gasteiger partial charge in [-0.15, -0.1) is 21.5 Å². The molecule has 4 rings (SSSR count). The summed E-state index contributed by atoms with van der Waals surface area (Å²) >= 11 is 2.83. The van der Waals surface area contributed by atoms with E-state index in [1.807, 2.05) is 90.0 Å². The molecule has 0 aliphatic carbocycles. The highest BCUT2D eigenvalue weighted by molar-refractivity contribution is 8.00. The second kappa shape index (κ2) is 9.73. The van der Waals surface area contributed by atoms with Gasteiger partial charge in [-0.25, -0.2) is 0 Å². The molecule has 0 aliphatic rings. The largest absolute Gasteiger partial charge is 0.410 e. The Balaban J connectivity index is 1.48. The Bertz CT molecular complexity index is 1020. The van der Waals surface area contributed by atoms with Gasteiger partial charge in [-0.2, -0.15) is 0 Å². The highest BCUT2D eigenvalue weighted by Gasteiger charge is 2.24. The van der Waals surface area contributed by atoms with Crippen LogP contribution >= 0.6 is 23.1 Å². The molecule has 5 nitrogen and oxygen atoms in total. The van der Waals surface area contributed by atoms with Crippen LogP contribution < -0.4 is 0 Å². The fraction of sp³-hybridized carbons (Fsp3) is 0.174. The molecule has 1 amide bonds. The van der Waals surface area contributed by atoms with Gasteiger partial charge in [-0.05, 0) is 29.5 Å². The van der Waals surface area contributed by atoms with E-state index in [0.717, 1.165) is 16.0 Å². The van der Waals surface area contributed by atoms with Gasteiger partial charge in [0, 0.05) is 13.1 Å².